The summed E-state index contributed by atoms with van der Waals surface area (Å²) in [6.45, 7) is 1.64. The van der Waals surface area contributed by atoms with Crippen LogP contribution < -0.4 is 0 Å². The fraction of sp³-hybridized carbons (Fsp3) is 0.182. The van der Waals surface area contributed by atoms with Gasteiger partial charge in [-0.3, -0.25) is 9.20 Å². The van der Waals surface area contributed by atoms with Crippen molar-refractivity contribution in [3.05, 3.63) is 24.3 Å². The Morgan fingerprint density at radius 1 is 1.44 bits per heavy atom. The molecular formula is C11H9N3O2S2. The first-order valence-electron chi connectivity index (χ1n) is 5.29. The smallest absolute Gasteiger partial charge is 0.316 e. The number of hydrogen-bond donors (Lipinski definition) is 1. The first kappa shape index (κ1) is 11.5. The number of aromatic nitrogens is 3. The first-order chi connectivity index (χ1) is 8.66. The molecule has 18 heavy (non-hydrogen) atoms. The molecule has 0 fully saturated rings. The number of para-hydroxylation sites is 1. The number of nitrogens with zero attached hydrogens (tertiary/aromatic N) is 3. The van der Waals surface area contributed by atoms with Gasteiger partial charge < -0.3 is 5.11 Å². The largest absolute Gasteiger partial charge is 0.480 e. The number of carbonyl (C=O) groups is 1. The maximum Gasteiger partial charge on any atom is 0.316 e. The number of rotatable bonds is 3. The number of thiazole rings is 1. The number of aliphatic carboxylic acids is 1. The Kier molecular flexibility index (Phi) is 2.71. The van der Waals surface area contributed by atoms with Gasteiger partial charge in [-0.2, -0.15) is 0 Å². The fourth-order valence-corrected chi connectivity index (χ4v) is 3.46. The van der Waals surface area contributed by atoms with Crippen molar-refractivity contribution in [1.29, 1.82) is 0 Å². The summed E-state index contributed by atoms with van der Waals surface area (Å²) in [5.41, 5.74) is 1.02. The van der Waals surface area contributed by atoms with Crippen molar-refractivity contribution in [2.45, 2.75) is 17.3 Å². The van der Waals surface area contributed by atoms with Crippen LogP contribution in [-0.4, -0.2) is 30.9 Å². The number of fused-ring (bicyclic) bond motifs is 3. The quantitative estimate of drug-likeness (QED) is 0.746. The van der Waals surface area contributed by atoms with E-state index in [4.69, 9.17) is 5.11 Å². The highest BCUT2D eigenvalue weighted by molar-refractivity contribution is 8.00. The lowest BCUT2D eigenvalue weighted by Crippen LogP contribution is -2.11. The lowest BCUT2D eigenvalue weighted by molar-refractivity contribution is -0.136. The molecule has 1 N–H and O–H groups in total. The van der Waals surface area contributed by atoms with E-state index in [0.29, 0.717) is 5.16 Å². The van der Waals surface area contributed by atoms with Gasteiger partial charge in [0.2, 0.25) is 4.96 Å². The predicted octanol–water partition coefficient (Wildman–Crippen LogP) is 2.51. The molecule has 1 unspecified atom stereocenters. The summed E-state index contributed by atoms with van der Waals surface area (Å²) in [5, 5.41) is 17.2. The van der Waals surface area contributed by atoms with Crippen molar-refractivity contribution >= 4 is 44.2 Å². The van der Waals surface area contributed by atoms with Crippen LogP contribution in [0.5, 0.6) is 0 Å². The van der Waals surface area contributed by atoms with E-state index in [2.05, 4.69) is 10.2 Å². The molecule has 2 heterocycles. The third-order valence-corrected chi connectivity index (χ3v) is 4.58. The van der Waals surface area contributed by atoms with Crippen LogP contribution >= 0.6 is 23.1 Å². The van der Waals surface area contributed by atoms with Crippen LogP contribution in [0.3, 0.4) is 0 Å². The van der Waals surface area contributed by atoms with Crippen molar-refractivity contribution in [3.63, 3.8) is 0 Å². The summed E-state index contributed by atoms with van der Waals surface area (Å²) in [4.78, 5) is 11.7. The van der Waals surface area contributed by atoms with Gasteiger partial charge in [-0.25, -0.2) is 0 Å². The van der Waals surface area contributed by atoms with E-state index in [-0.39, 0.29) is 0 Å². The minimum Gasteiger partial charge on any atom is -0.480 e. The van der Waals surface area contributed by atoms with Crippen molar-refractivity contribution in [3.8, 4) is 0 Å². The maximum absolute atomic E-state index is 10.9. The second kappa shape index (κ2) is 4.25. The third kappa shape index (κ3) is 1.75. The number of carboxylic acids is 1. The van der Waals surface area contributed by atoms with Crippen LogP contribution in [0.25, 0.3) is 15.2 Å². The van der Waals surface area contributed by atoms with Crippen LogP contribution in [0.4, 0.5) is 0 Å². The summed E-state index contributed by atoms with van der Waals surface area (Å²) in [6.07, 6.45) is 0. The highest BCUT2D eigenvalue weighted by Crippen LogP contribution is 2.30. The number of thioether (sulfide) groups is 1. The molecule has 0 aliphatic rings. The predicted molar refractivity (Wildman–Crippen MR) is 71.3 cm³/mol. The molecule has 0 aliphatic carbocycles. The zero-order chi connectivity index (χ0) is 12.7. The fourth-order valence-electron chi connectivity index (χ4n) is 1.64. The lowest BCUT2D eigenvalue weighted by atomic mass is 10.3. The lowest BCUT2D eigenvalue weighted by Gasteiger charge is -2.03. The molecule has 0 saturated heterocycles. The monoisotopic (exact) mass is 279 g/mol. The van der Waals surface area contributed by atoms with Crippen molar-refractivity contribution in [2.24, 2.45) is 0 Å². The number of carboxylic acid groups (broad SMARTS) is 1. The van der Waals surface area contributed by atoms with Gasteiger partial charge in [0.1, 0.15) is 5.25 Å². The Bertz CT molecular complexity index is 734. The first-order valence-corrected chi connectivity index (χ1v) is 6.98. The molecule has 5 nitrogen and oxygen atoms in total. The van der Waals surface area contributed by atoms with E-state index >= 15 is 0 Å². The van der Waals surface area contributed by atoms with Gasteiger partial charge in [-0.15, -0.1) is 10.2 Å². The summed E-state index contributed by atoms with van der Waals surface area (Å²) in [6, 6.07) is 7.92. The molecule has 7 heteroatoms. The van der Waals surface area contributed by atoms with Crippen molar-refractivity contribution < 1.29 is 9.90 Å². The Hall–Kier alpha value is -1.60. The Morgan fingerprint density at radius 3 is 3.00 bits per heavy atom. The Morgan fingerprint density at radius 2 is 2.22 bits per heavy atom. The van der Waals surface area contributed by atoms with Gasteiger partial charge in [0, 0.05) is 0 Å². The molecule has 0 radical (unpaired) electrons. The molecule has 1 aromatic carbocycles. The Labute approximate surface area is 110 Å². The summed E-state index contributed by atoms with van der Waals surface area (Å²) < 4.78 is 3.02. The Balaban J connectivity index is 2.15. The highest BCUT2D eigenvalue weighted by atomic mass is 32.2. The van der Waals surface area contributed by atoms with E-state index < -0.39 is 11.2 Å². The summed E-state index contributed by atoms with van der Waals surface area (Å²) >= 11 is 2.75. The van der Waals surface area contributed by atoms with Crippen LogP contribution in [-0.2, 0) is 4.79 Å². The van der Waals surface area contributed by atoms with E-state index in [1.165, 1.54) is 11.8 Å². The molecule has 0 bridgehead atoms. The van der Waals surface area contributed by atoms with Gasteiger partial charge in [-0.05, 0) is 19.1 Å². The highest BCUT2D eigenvalue weighted by Gasteiger charge is 2.18. The van der Waals surface area contributed by atoms with Gasteiger partial charge in [-0.1, -0.05) is 35.2 Å². The molecular weight excluding hydrogens is 270 g/mol. The molecule has 3 aromatic rings. The standard InChI is InChI=1S/C11H9N3O2S2/c1-6(9(15)16)17-10-12-13-11-14(10)7-4-2-3-5-8(7)18-11/h2-6H,1H3,(H,15,16). The molecule has 0 amide bonds. The van der Waals surface area contributed by atoms with Crippen molar-refractivity contribution in [2.75, 3.05) is 0 Å². The van der Waals surface area contributed by atoms with Crippen LogP contribution in [0, 0.1) is 0 Å². The molecule has 0 spiro atoms. The average Bonchev–Trinajstić information content (AvgIpc) is 2.89. The van der Waals surface area contributed by atoms with Crippen LogP contribution in [0.1, 0.15) is 6.92 Å². The van der Waals surface area contributed by atoms with Crippen molar-refractivity contribution in [1.82, 2.24) is 14.6 Å². The number of benzene rings is 1. The average molecular weight is 279 g/mol. The molecule has 0 saturated carbocycles. The van der Waals surface area contributed by atoms with E-state index in [1.807, 2.05) is 28.7 Å². The van der Waals surface area contributed by atoms with Gasteiger partial charge >= 0.3 is 5.97 Å². The normalized spacial score (nSPS) is 13.2. The minimum atomic E-state index is -0.851. The zero-order valence-electron chi connectivity index (χ0n) is 9.40. The SMILES string of the molecule is CC(Sc1nnc2sc3ccccc3n12)C(=O)O. The minimum absolute atomic E-state index is 0.545. The van der Waals surface area contributed by atoms with Gasteiger partial charge in [0.25, 0.3) is 0 Å². The van der Waals surface area contributed by atoms with E-state index in [1.54, 1.807) is 18.3 Å². The molecule has 3 rings (SSSR count). The molecule has 0 aliphatic heterocycles. The molecule has 1 atom stereocenters. The topological polar surface area (TPSA) is 67.5 Å². The van der Waals surface area contributed by atoms with Gasteiger partial charge in [0.15, 0.2) is 5.16 Å². The molecule has 2 aromatic heterocycles. The third-order valence-electron chi connectivity index (χ3n) is 2.54. The van der Waals surface area contributed by atoms with Gasteiger partial charge in [0.05, 0.1) is 10.2 Å². The summed E-state index contributed by atoms with van der Waals surface area (Å²) in [5.74, 6) is -0.851. The maximum atomic E-state index is 10.9. The molecule has 92 valence electrons. The summed E-state index contributed by atoms with van der Waals surface area (Å²) in [7, 11) is 0. The second-order valence-electron chi connectivity index (χ2n) is 3.77. The van der Waals surface area contributed by atoms with E-state index in [9.17, 15) is 4.79 Å². The van der Waals surface area contributed by atoms with Crippen LogP contribution in [0.2, 0.25) is 0 Å². The number of hydrogen-bond acceptors (Lipinski definition) is 5. The van der Waals surface area contributed by atoms with E-state index in [0.717, 1.165) is 15.2 Å². The zero-order valence-corrected chi connectivity index (χ0v) is 11.0. The van der Waals surface area contributed by atoms with Crippen LogP contribution in [0.15, 0.2) is 29.4 Å². The second-order valence-corrected chi connectivity index (χ2v) is 6.09.